The first-order valence-electron chi connectivity index (χ1n) is 4.35. The number of nitrogens with one attached hydrogen (secondary N) is 1. The Kier molecular flexibility index (Phi) is 6.52. The maximum atomic E-state index is 12.0. The summed E-state index contributed by atoms with van der Waals surface area (Å²) in [6.45, 7) is -0.0653. The summed E-state index contributed by atoms with van der Waals surface area (Å²) in [5.41, 5.74) is 0. The molecular formula is C8H13F3N2OS. The van der Waals surface area contributed by atoms with E-state index >= 15 is 0 Å². The van der Waals surface area contributed by atoms with Crippen molar-refractivity contribution in [2.75, 3.05) is 25.1 Å². The summed E-state index contributed by atoms with van der Waals surface area (Å²) in [4.78, 5) is 0. The zero-order chi connectivity index (χ0) is 11.9. The van der Waals surface area contributed by atoms with E-state index in [1.807, 2.05) is 0 Å². The first-order chi connectivity index (χ1) is 6.88. The fourth-order valence-corrected chi connectivity index (χ4v) is 1.43. The summed E-state index contributed by atoms with van der Waals surface area (Å²) >= 11 is 0. The number of nitriles is 1. The summed E-state index contributed by atoms with van der Waals surface area (Å²) in [5, 5.41) is 10.8. The average Bonchev–Trinajstić information content (AvgIpc) is 2.08. The normalized spacial score (nSPS) is 15.7. The van der Waals surface area contributed by atoms with Gasteiger partial charge >= 0.3 is 6.18 Å². The van der Waals surface area contributed by atoms with Gasteiger partial charge in [0.1, 0.15) is 0 Å². The lowest BCUT2D eigenvalue weighted by molar-refractivity contribution is -0.157. The van der Waals surface area contributed by atoms with E-state index in [-0.39, 0.29) is 0 Å². The largest absolute Gasteiger partial charge is 0.405 e. The molecule has 1 N–H and O–H groups in total. The number of halogens is 3. The topological polar surface area (TPSA) is 52.9 Å². The van der Waals surface area contributed by atoms with Crippen LogP contribution in [0.25, 0.3) is 0 Å². The van der Waals surface area contributed by atoms with Gasteiger partial charge in [-0.15, -0.1) is 0 Å². The van der Waals surface area contributed by atoms with Crippen LogP contribution in [0.1, 0.15) is 6.42 Å². The third-order valence-electron chi connectivity index (χ3n) is 1.68. The minimum Gasteiger partial charge on any atom is -0.315 e. The molecule has 0 saturated heterocycles. The Hall–Kier alpha value is -0.610. The van der Waals surface area contributed by atoms with Crippen molar-refractivity contribution >= 4 is 10.8 Å². The van der Waals surface area contributed by atoms with Crippen LogP contribution in [0.5, 0.6) is 0 Å². The van der Waals surface area contributed by atoms with E-state index in [4.69, 9.17) is 5.26 Å². The molecule has 0 aromatic carbocycles. The Labute approximate surface area is 89.1 Å². The fraction of sp³-hybridized carbons (Fsp3) is 0.875. The molecule has 0 bridgehead atoms. The third-order valence-corrected chi connectivity index (χ3v) is 2.55. The number of rotatable bonds is 6. The Morgan fingerprint density at radius 2 is 2.13 bits per heavy atom. The van der Waals surface area contributed by atoms with Crippen LogP contribution in [-0.4, -0.2) is 35.5 Å². The van der Waals surface area contributed by atoms with Gasteiger partial charge in [0.05, 0.1) is 6.07 Å². The number of hydrogen-bond acceptors (Lipinski definition) is 3. The first-order valence-corrected chi connectivity index (χ1v) is 6.07. The van der Waals surface area contributed by atoms with Gasteiger partial charge in [-0.3, -0.25) is 4.21 Å². The first kappa shape index (κ1) is 14.4. The lowest BCUT2D eigenvalue weighted by Crippen LogP contribution is -2.33. The Balaban J connectivity index is 3.67. The molecule has 0 rings (SSSR count). The van der Waals surface area contributed by atoms with Crippen molar-refractivity contribution in [3.63, 3.8) is 0 Å². The Morgan fingerprint density at radius 1 is 1.53 bits per heavy atom. The second-order valence-corrected chi connectivity index (χ2v) is 4.61. The molecule has 0 amide bonds. The van der Waals surface area contributed by atoms with E-state index < -0.39 is 29.4 Å². The molecule has 0 aromatic heterocycles. The van der Waals surface area contributed by atoms with E-state index in [1.165, 1.54) is 12.3 Å². The molecule has 0 aromatic rings. The zero-order valence-electron chi connectivity index (χ0n) is 8.30. The molecule has 0 aliphatic heterocycles. The third kappa shape index (κ3) is 7.33. The number of alkyl halides is 3. The van der Waals surface area contributed by atoms with Crippen LogP contribution in [-0.2, 0) is 10.8 Å². The van der Waals surface area contributed by atoms with Gasteiger partial charge in [0.25, 0.3) is 0 Å². The molecule has 0 heterocycles. The Bertz CT molecular complexity index is 249. The zero-order valence-corrected chi connectivity index (χ0v) is 9.12. The van der Waals surface area contributed by atoms with Crippen LogP contribution in [0.4, 0.5) is 13.2 Å². The summed E-state index contributed by atoms with van der Waals surface area (Å²) in [6, 6.07) is 1.19. The molecule has 88 valence electrons. The van der Waals surface area contributed by atoms with E-state index in [1.54, 1.807) is 0 Å². The van der Waals surface area contributed by atoms with Gasteiger partial charge in [0.15, 0.2) is 5.92 Å². The molecule has 7 heteroatoms. The molecule has 0 saturated carbocycles. The average molecular weight is 242 g/mol. The maximum Gasteiger partial charge on any atom is 0.405 e. The molecule has 2 unspecified atom stereocenters. The molecule has 0 radical (unpaired) electrons. The predicted molar refractivity (Wildman–Crippen MR) is 51.6 cm³/mol. The summed E-state index contributed by atoms with van der Waals surface area (Å²) in [7, 11) is -0.926. The highest BCUT2D eigenvalue weighted by Crippen LogP contribution is 2.24. The quantitative estimate of drug-likeness (QED) is 0.708. The molecular weight excluding hydrogens is 229 g/mol. The molecule has 15 heavy (non-hydrogen) atoms. The van der Waals surface area contributed by atoms with Crippen LogP contribution in [0.15, 0.2) is 0 Å². The molecule has 0 fully saturated rings. The number of nitrogens with zero attached hydrogens (tertiary/aromatic N) is 1. The van der Waals surface area contributed by atoms with Crippen LogP contribution >= 0.6 is 0 Å². The molecule has 2 atom stereocenters. The van der Waals surface area contributed by atoms with E-state index in [2.05, 4.69) is 5.32 Å². The second-order valence-electron chi connectivity index (χ2n) is 3.06. The van der Waals surface area contributed by atoms with Gasteiger partial charge in [-0.25, -0.2) is 0 Å². The van der Waals surface area contributed by atoms with Crippen molar-refractivity contribution in [2.24, 2.45) is 5.92 Å². The van der Waals surface area contributed by atoms with Crippen molar-refractivity contribution < 1.29 is 17.4 Å². The Morgan fingerprint density at radius 3 is 2.53 bits per heavy atom. The molecule has 0 aliphatic rings. The lowest BCUT2D eigenvalue weighted by Gasteiger charge is -2.13. The minimum absolute atomic E-state index is 0.341. The van der Waals surface area contributed by atoms with E-state index in [9.17, 15) is 17.4 Å². The van der Waals surface area contributed by atoms with Crippen LogP contribution in [0.3, 0.4) is 0 Å². The molecule has 0 spiro atoms. The summed E-state index contributed by atoms with van der Waals surface area (Å²) < 4.78 is 46.7. The van der Waals surface area contributed by atoms with Gasteiger partial charge in [-0.2, -0.15) is 18.4 Å². The SMILES string of the molecule is CS(=O)CCCNCC(C#N)C(F)(F)F. The smallest absolute Gasteiger partial charge is 0.315 e. The second kappa shape index (κ2) is 6.80. The molecule has 3 nitrogen and oxygen atoms in total. The van der Waals surface area contributed by atoms with Crippen molar-refractivity contribution in [1.29, 1.82) is 5.26 Å². The van der Waals surface area contributed by atoms with Crippen molar-refractivity contribution in [3.8, 4) is 6.07 Å². The summed E-state index contributed by atoms with van der Waals surface area (Å²) in [6.07, 6.45) is -2.40. The van der Waals surface area contributed by atoms with Crippen molar-refractivity contribution in [3.05, 3.63) is 0 Å². The van der Waals surface area contributed by atoms with Crippen LogP contribution in [0.2, 0.25) is 0 Å². The van der Waals surface area contributed by atoms with Crippen LogP contribution in [0, 0.1) is 17.2 Å². The van der Waals surface area contributed by atoms with Crippen molar-refractivity contribution in [1.82, 2.24) is 5.32 Å². The standard InChI is InChI=1S/C8H13F3N2OS/c1-15(14)4-2-3-13-6-7(5-12)8(9,10)11/h7,13H,2-4,6H2,1H3. The number of hydrogen-bond donors (Lipinski definition) is 1. The van der Waals surface area contributed by atoms with Gasteiger partial charge in [-0.1, -0.05) is 0 Å². The predicted octanol–water partition coefficient (Wildman–Crippen LogP) is 1.05. The van der Waals surface area contributed by atoms with Crippen molar-refractivity contribution in [2.45, 2.75) is 12.6 Å². The lowest BCUT2D eigenvalue weighted by atomic mass is 10.1. The molecule has 0 aliphatic carbocycles. The maximum absolute atomic E-state index is 12.0. The summed E-state index contributed by atoms with van der Waals surface area (Å²) in [5.74, 6) is -1.51. The van der Waals surface area contributed by atoms with E-state index in [0.29, 0.717) is 18.7 Å². The highest BCUT2D eigenvalue weighted by atomic mass is 32.2. The highest BCUT2D eigenvalue weighted by molar-refractivity contribution is 7.84. The monoisotopic (exact) mass is 242 g/mol. The van der Waals surface area contributed by atoms with Gasteiger partial charge in [-0.05, 0) is 13.0 Å². The van der Waals surface area contributed by atoms with Crippen LogP contribution < -0.4 is 5.32 Å². The van der Waals surface area contributed by atoms with E-state index in [0.717, 1.165) is 0 Å². The fourth-order valence-electron chi connectivity index (χ4n) is 0.881. The van der Waals surface area contributed by atoms with Gasteiger partial charge in [0.2, 0.25) is 0 Å². The minimum atomic E-state index is -4.48. The highest BCUT2D eigenvalue weighted by Gasteiger charge is 2.39. The van der Waals surface area contributed by atoms with Gasteiger partial charge < -0.3 is 5.32 Å². The van der Waals surface area contributed by atoms with Gasteiger partial charge in [0, 0.05) is 29.4 Å².